The molecule has 1 aliphatic heterocycles. The van der Waals surface area contributed by atoms with Crippen LogP contribution in [0.1, 0.15) is 40.5 Å². The summed E-state index contributed by atoms with van der Waals surface area (Å²) in [4.78, 5) is 14.4. The van der Waals surface area contributed by atoms with Crippen LogP contribution in [0.4, 0.5) is 0 Å². The summed E-state index contributed by atoms with van der Waals surface area (Å²) in [5.74, 6) is 0.654. The van der Waals surface area contributed by atoms with Crippen LogP contribution in [0.2, 0.25) is 0 Å². The van der Waals surface area contributed by atoms with Gasteiger partial charge in [-0.3, -0.25) is 9.69 Å². The number of nitrogens with one attached hydrogen (secondary N) is 2. The number of rotatable bonds is 7. The highest BCUT2D eigenvalue weighted by molar-refractivity contribution is 5.79. The first-order valence-corrected chi connectivity index (χ1v) is 8.06. The lowest BCUT2D eigenvalue weighted by Crippen LogP contribution is -2.52. The molecule has 0 radical (unpaired) electrons. The Hall–Kier alpha value is -1.12. The molecule has 0 aromatic rings. The Kier molecular flexibility index (Phi) is 7.13. The molecule has 1 saturated heterocycles. The van der Waals surface area contributed by atoms with Gasteiger partial charge in [0.25, 0.3) is 0 Å². The summed E-state index contributed by atoms with van der Waals surface area (Å²) in [5, 5.41) is 15.6. The van der Waals surface area contributed by atoms with E-state index in [0.717, 1.165) is 26.2 Å². The molecule has 2 atom stereocenters. The Balaban J connectivity index is 2.48. The summed E-state index contributed by atoms with van der Waals surface area (Å²) in [5.41, 5.74) is -0.789. The fourth-order valence-electron chi connectivity index (χ4n) is 2.58. The average molecular weight is 294 g/mol. The van der Waals surface area contributed by atoms with Crippen LogP contribution >= 0.6 is 0 Å². The number of hydrogen-bond acceptors (Lipinski definition) is 4. The van der Waals surface area contributed by atoms with E-state index in [0.29, 0.717) is 12.5 Å². The summed E-state index contributed by atoms with van der Waals surface area (Å²) >= 11 is 0. The molecule has 1 rings (SSSR count). The van der Waals surface area contributed by atoms with Crippen molar-refractivity contribution in [2.75, 3.05) is 32.7 Å². The van der Waals surface area contributed by atoms with Gasteiger partial charge in [-0.15, -0.1) is 0 Å². The molecule has 0 spiro atoms. The zero-order valence-corrected chi connectivity index (χ0v) is 13.9. The Labute approximate surface area is 129 Å². The largest absolute Gasteiger partial charge is 0.337 e. The summed E-state index contributed by atoms with van der Waals surface area (Å²) in [6.45, 7) is 12.1. The van der Waals surface area contributed by atoms with Crippen molar-refractivity contribution in [3.05, 3.63) is 0 Å². The van der Waals surface area contributed by atoms with Crippen LogP contribution in [0.5, 0.6) is 0 Å². The van der Waals surface area contributed by atoms with E-state index in [1.807, 2.05) is 13.8 Å². The molecular weight excluding hydrogens is 264 g/mol. The molecule has 120 valence electrons. The second kappa shape index (κ2) is 8.35. The average Bonchev–Trinajstić information content (AvgIpc) is 2.47. The molecule has 2 N–H and O–H groups in total. The molecule has 1 heterocycles. The normalized spacial score (nSPS) is 21.9. The van der Waals surface area contributed by atoms with E-state index in [-0.39, 0.29) is 11.8 Å². The quantitative estimate of drug-likeness (QED) is 0.744. The first-order valence-electron chi connectivity index (χ1n) is 8.06. The van der Waals surface area contributed by atoms with Gasteiger partial charge in [-0.1, -0.05) is 20.8 Å². The summed E-state index contributed by atoms with van der Waals surface area (Å²) in [6.07, 6.45) is 2.45. The Morgan fingerprint density at radius 3 is 2.76 bits per heavy atom. The van der Waals surface area contributed by atoms with E-state index in [2.05, 4.69) is 28.5 Å². The Morgan fingerprint density at radius 1 is 1.57 bits per heavy atom. The molecule has 1 fully saturated rings. The predicted molar refractivity (Wildman–Crippen MR) is 84.7 cm³/mol. The zero-order valence-electron chi connectivity index (χ0n) is 13.9. The van der Waals surface area contributed by atoms with Gasteiger partial charge >= 0.3 is 0 Å². The topological polar surface area (TPSA) is 68.2 Å². The predicted octanol–water partition coefficient (Wildman–Crippen LogP) is 1.36. The summed E-state index contributed by atoms with van der Waals surface area (Å²) in [6, 6.07) is 2.22. The summed E-state index contributed by atoms with van der Waals surface area (Å²) in [7, 11) is 0. The van der Waals surface area contributed by atoms with Crippen LogP contribution in [-0.2, 0) is 4.79 Å². The van der Waals surface area contributed by atoms with Gasteiger partial charge < -0.3 is 10.6 Å². The molecule has 1 aliphatic rings. The van der Waals surface area contributed by atoms with Crippen molar-refractivity contribution in [3.8, 4) is 6.07 Å². The van der Waals surface area contributed by atoms with Gasteiger partial charge in [0.1, 0.15) is 5.54 Å². The second-order valence-electron chi connectivity index (χ2n) is 6.56. The fourth-order valence-corrected chi connectivity index (χ4v) is 2.58. The van der Waals surface area contributed by atoms with Crippen molar-refractivity contribution in [2.24, 2.45) is 11.8 Å². The van der Waals surface area contributed by atoms with Crippen molar-refractivity contribution in [3.63, 3.8) is 0 Å². The number of nitrogens with zero attached hydrogens (tertiary/aromatic N) is 2. The van der Waals surface area contributed by atoms with E-state index in [1.54, 1.807) is 6.92 Å². The van der Waals surface area contributed by atoms with Crippen LogP contribution in [0.15, 0.2) is 0 Å². The first-order chi connectivity index (χ1) is 9.91. The minimum atomic E-state index is -0.789. The number of carbonyl (C=O) groups excluding carboxylic acids is 1. The molecule has 0 saturated carbocycles. The minimum absolute atomic E-state index is 0.0571. The number of likely N-dealkylation sites (N-methyl/N-ethyl adjacent to an activating group) is 1. The lowest BCUT2D eigenvalue weighted by atomic mass is 9.90. The second-order valence-corrected chi connectivity index (χ2v) is 6.56. The van der Waals surface area contributed by atoms with Crippen molar-refractivity contribution < 1.29 is 4.79 Å². The maximum Gasteiger partial charge on any atom is 0.235 e. The lowest BCUT2D eigenvalue weighted by Gasteiger charge is -2.31. The van der Waals surface area contributed by atoms with E-state index < -0.39 is 5.54 Å². The minimum Gasteiger partial charge on any atom is -0.337 e. The molecule has 0 aromatic carbocycles. The van der Waals surface area contributed by atoms with Crippen LogP contribution in [-0.4, -0.2) is 49.1 Å². The van der Waals surface area contributed by atoms with E-state index in [4.69, 9.17) is 0 Å². The SMILES string of the molecule is CCN(CC(=O)NC(C)(C#N)C(C)C)CC1CCCNC1. The Bertz CT molecular complexity index is 371. The molecule has 0 aromatic heterocycles. The third-order valence-electron chi connectivity index (χ3n) is 4.52. The van der Waals surface area contributed by atoms with Gasteiger partial charge in [0.2, 0.25) is 5.91 Å². The maximum absolute atomic E-state index is 12.2. The third kappa shape index (κ3) is 5.64. The number of hydrogen-bond donors (Lipinski definition) is 2. The van der Waals surface area contributed by atoms with Gasteiger partial charge in [-0.05, 0) is 51.2 Å². The van der Waals surface area contributed by atoms with Crippen LogP contribution in [0.25, 0.3) is 0 Å². The molecular formula is C16H30N4O. The van der Waals surface area contributed by atoms with Crippen molar-refractivity contribution >= 4 is 5.91 Å². The number of piperidine rings is 1. The van der Waals surface area contributed by atoms with Crippen LogP contribution in [0.3, 0.4) is 0 Å². The van der Waals surface area contributed by atoms with Crippen molar-refractivity contribution in [2.45, 2.75) is 46.1 Å². The van der Waals surface area contributed by atoms with Crippen LogP contribution in [0, 0.1) is 23.2 Å². The molecule has 2 unspecified atom stereocenters. The standard InChI is InChI=1S/C16H30N4O/c1-5-20(10-14-7-6-8-18-9-14)11-15(21)19-16(4,12-17)13(2)3/h13-14,18H,5-11H2,1-4H3,(H,19,21). The highest BCUT2D eigenvalue weighted by atomic mass is 16.2. The van der Waals surface area contributed by atoms with Crippen molar-refractivity contribution in [1.29, 1.82) is 5.26 Å². The molecule has 1 amide bonds. The monoisotopic (exact) mass is 294 g/mol. The molecule has 5 nitrogen and oxygen atoms in total. The smallest absolute Gasteiger partial charge is 0.235 e. The first kappa shape index (κ1) is 17.9. The lowest BCUT2D eigenvalue weighted by molar-refractivity contribution is -0.124. The zero-order chi connectivity index (χ0) is 15.9. The van der Waals surface area contributed by atoms with Gasteiger partial charge in [-0.25, -0.2) is 0 Å². The highest BCUT2D eigenvalue weighted by Gasteiger charge is 2.30. The van der Waals surface area contributed by atoms with Gasteiger partial charge in [0, 0.05) is 6.54 Å². The molecule has 5 heteroatoms. The number of carbonyl (C=O) groups is 1. The number of amides is 1. The Morgan fingerprint density at radius 2 is 2.29 bits per heavy atom. The maximum atomic E-state index is 12.2. The van der Waals surface area contributed by atoms with Crippen LogP contribution < -0.4 is 10.6 Å². The van der Waals surface area contributed by atoms with Gasteiger partial charge in [-0.2, -0.15) is 5.26 Å². The highest BCUT2D eigenvalue weighted by Crippen LogP contribution is 2.15. The third-order valence-corrected chi connectivity index (χ3v) is 4.52. The fraction of sp³-hybridized carbons (Fsp3) is 0.875. The van der Waals surface area contributed by atoms with Gasteiger partial charge in [0.15, 0.2) is 0 Å². The van der Waals surface area contributed by atoms with Gasteiger partial charge in [0.05, 0.1) is 12.6 Å². The number of nitriles is 1. The van der Waals surface area contributed by atoms with E-state index in [9.17, 15) is 10.1 Å². The molecule has 21 heavy (non-hydrogen) atoms. The summed E-state index contributed by atoms with van der Waals surface area (Å²) < 4.78 is 0. The van der Waals surface area contributed by atoms with Crippen molar-refractivity contribution in [1.82, 2.24) is 15.5 Å². The molecule has 0 bridgehead atoms. The van der Waals surface area contributed by atoms with E-state index in [1.165, 1.54) is 12.8 Å². The van der Waals surface area contributed by atoms with E-state index >= 15 is 0 Å². The molecule has 0 aliphatic carbocycles.